The lowest BCUT2D eigenvalue weighted by molar-refractivity contribution is -0.118. The van der Waals surface area contributed by atoms with E-state index in [4.69, 9.17) is 11.5 Å². The van der Waals surface area contributed by atoms with E-state index in [0.29, 0.717) is 30.6 Å². The Balaban J connectivity index is 2.39. The maximum Gasteiger partial charge on any atom is 0.253 e. The molecule has 0 fully saturated rings. The monoisotopic (exact) mass is 249 g/mol. The summed E-state index contributed by atoms with van der Waals surface area (Å²) in [6, 6.07) is 5.32. The molecule has 18 heavy (non-hydrogen) atoms. The zero-order chi connectivity index (χ0) is 13.5. The fraction of sp³-hybridized carbons (Fsp3) is 0.385. The number of primary amides is 1. The fourth-order valence-corrected chi connectivity index (χ4v) is 1.61. The van der Waals surface area contributed by atoms with Gasteiger partial charge in [-0.2, -0.15) is 0 Å². The maximum absolute atomic E-state index is 11.8. The average Bonchev–Trinajstić information content (AvgIpc) is 2.27. The van der Waals surface area contributed by atoms with E-state index in [1.54, 1.807) is 12.1 Å². The van der Waals surface area contributed by atoms with Crippen LogP contribution in [0.2, 0.25) is 0 Å². The predicted molar refractivity (Wildman–Crippen MR) is 71.0 cm³/mol. The van der Waals surface area contributed by atoms with Crippen LogP contribution >= 0.6 is 0 Å². The molecule has 98 valence electrons. The number of nitrogens with one attached hydrogen (secondary N) is 1. The number of nitrogen functional groups attached to an aromatic ring is 1. The molecule has 0 radical (unpaired) electrons. The van der Waals surface area contributed by atoms with Crippen LogP contribution in [-0.4, -0.2) is 18.4 Å². The average molecular weight is 249 g/mol. The molecule has 0 unspecified atom stereocenters. The summed E-state index contributed by atoms with van der Waals surface area (Å²) < 4.78 is 0. The van der Waals surface area contributed by atoms with E-state index >= 15 is 0 Å². The number of aryl methyl sites for hydroxylation is 1. The molecule has 0 spiro atoms. The van der Waals surface area contributed by atoms with Crippen LogP contribution in [0.25, 0.3) is 0 Å². The van der Waals surface area contributed by atoms with Gasteiger partial charge in [0.25, 0.3) is 5.91 Å². The van der Waals surface area contributed by atoms with Crippen molar-refractivity contribution in [3.63, 3.8) is 0 Å². The highest BCUT2D eigenvalue weighted by molar-refractivity contribution is 5.99. The Morgan fingerprint density at radius 2 is 2.00 bits per heavy atom. The summed E-state index contributed by atoms with van der Waals surface area (Å²) >= 11 is 0. The van der Waals surface area contributed by atoms with Crippen molar-refractivity contribution in [2.75, 3.05) is 12.3 Å². The Morgan fingerprint density at radius 1 is 1.28 bits per heavy atom. The smallest absolute Gasteiger partial charge is 0.253 e. The Hall–Kier alpha value is -2.04. The van der Waals surface area contributed by atoms with Gasteiger partial charge in [-0.05, 0) is 37.5 Å². The molecule has 0 atom stereocenters. The van der Waals surface area contributed by atoms with Crippen LogP contribution in [0.1, 0.15) is 35.2 Å². The van der Waals surface area contributed by atoms with Crippen LogP contribution in [0.4, 0.5) is 5.69 Å². The van der Waals surface area contributed by atoms with Gasteiger partial charge in [0.05, 0.1) is 5.56 Å². The van der Waals surface area contributed by atoms with Crippen LogP contribution in [0.3, 0.4) is 0 Å². The number of rotatable bonds is 6. The SMILES string of the molecule is Cc1ccc(C(=O)NCCCCC(N)=O)c(N)c1. The Morgan fingerprint density at radius 3 is 2.61 bits per heavy atom. The Bertz CT molecular complexity index is 444. The van der Waals surface area contributed by atoms with Crippen molar-refractivity contribution in [1.29, 1.82) is 0 Å². The van der Waals surface area contributed by atoms with E-state index < -0.39 is 0 Å². The molecule has 5 nitrogen and oxygen atoms in total. The molecule has 0 aromatic heterocycles. The summed E-state index contributed by atoms with van der Waals surface area (Å²) in [6.07, 6.45) is 1.75. The minimum absolute atomic E-state index is 0.188. The van der Waals surface area contributed by atoms with Crippen molar-refractivity contribution < 1.29 is 9.59 Å². The number of hydrogen-bond donors (Lipinski definition) is 3. The van der Waals surface area contributed by atoms with Gasteiger partial charge in [-0.25, -0.2) is 0 Å². The lowest BCUT2D eigenvalue weighted by Crippen LogP contribution is -2.25. The molecule has 0 saturated heterocycles. The van der Waals surface area contributed by atoms with E-state index in [1.165, 1.54) is 0 Å². The first-order valence-electron chi connectivity index (χ1n) is 5.93. The van der Waals surface area contributed by atoms with Crippen LogP contribution in [0.5, 0.6) is 0 Å². The van der Waals surface area contributed by atoms with Gasteiger partial charge < -0.3 is 16.8 Å². The van der Waals surface area contributed by atoms with Crippen molar-refractivity contribution in [3.05, 3.63) is 29.3 Å². The summed E-state index contributed by atoms with van der Waals surface area (Å²) in [5.41, 5.74) is 12.8. The van der Waals surface area contributed by atoms with E-state index in [2.05, 4.69) is 5.32 Å². The molecule has 1 aromatic rings. The molecule has 0 bridgehead atoms. The molecule has 0 aliphatic rings. The summed E-state index contributed by atoms with van der Waals surface area (Å²) in [5, 5.41) is 2.76. The van der Waals surface area contributed by atoms with Gasteiger partial charge in [0.1, 0.15) is 0 Å². The second kappa shape index (κ2) is 6.64. The second-order valence-electron chi connectivity index (χ2n) is 4.27. The normalized spacial score (nSPS) is 10.1. The maximum atomic E-state index is 11.8. The molecular formula is C13H19N3O2. The van der Waals surface area contributed by atoms with Gasteiger partial charge in [0, 0.05) is 18.7 Å². The second-order valence-corrected chi connectivity index (χ2v) is 4.27. The largest absolute Gasteiger partial charge is 0.398 e. The van der Waals surface area contributed by atoms with E-state index in [1.807, 2.05) is 13.0 Å². The van der Waals surface area contributed by atoms with Crippen molar-refractivity contribution in [1.82, 2.24) is 5.32 Å². The fourth-order valence-electron chi connectivity index (χ4n) is 1.61. The molecular weight excluding hydrogens is 230 g/mol. The van der Waals surface area contributed by atoms with Crippen molar-refractivity contribution in [2.24, 2.45) is 5.73 Å². The molecule has 0 aliphatic carbocycles. The highest BCUT2D eigenvalue weighted by Gasteiger charge is 2.08. The minimum Gasteiger partial charge on any atom is -0.398 e. The quantitative estimate of drug-likeness (QED) is 0.517. The number of carbonyl (C=O) groups is 2. The highest BCUT2D eigenvalue weighted by atomic mass is 16.2. The first-order chi connectivity index (χ1) is 8.50. The third kappa shape index (κ3) is 4.45. The van der Waals surface area contributed by atoms with E-state index in [9.17, 15) is 9.59 Å². The first-order valence-corrected chi connectivity index (χ1v) is 5.93. The Labute approximate surface area is 107 Å². The molecule has 1 rings (SSSR count). The zero-order valence-corrected chi connectivity index (χ0v) is 10.5. The number of amides is 2. The molecule has 0 aliphatic heterocycles. The number of carbonyl (C=O) groups excluding carboxylic acids is 2. The zero-order valence-electron chi connectivity index (χ0n) is 10.5. The highest BCUT2D eigenvalue weighted by Crippen LogP contribution is 2.13. The standard InChI is InChI=1S/C13H19N3O2/c1-9-5-6-10(11(14)8-9)13(18)16-7-3-2-4-12(15)17/h5-6,8H,2-4,7,14H2,1H3,(H2,15,17)(H,16,18). The van der Waals surface area contributed by atoms with Gasteiger partial charge in [-0.1, -0.05) is 6.07 Å². The minimum atomic E-state index is -0.316. The summed E-state index contributed by atoms with van der Waals surface area (Å²) in [4.78, 5) is 22.3. The number of unbranched alkanes of at least 4 members (excludes halogenated alkanes) is 1. The third-order valence-corrected chi connectivity index (χ3v) is 2.59. The molecule has 2 amide bonds. The molecule has 0 heterocycles. The van der Waals surface area contributed by atoms with Crippen molar-refractivity contribution in [3.8, 4) is 0 Å². The van der Waals surface area contributed by atoms with Crippen molar-refractivity contribution >= 4 is 17.5 Å². The predicted octanol–water partition coefficient (Wildman–Crippen LogP) is 0.963. The van der Waals surface area contributed by atoms with Crippen LogP contribution in [0.15, 0.2) is 18.2 Å². The summed E-state index contributed by atoms with van der Waals surface area (Å²) in [7, 11) is 0. The van der Waals surface area contributed by atoms with Gasteiger partial charge in [0.15, 0.2) is 0 Å². The Kier molecular flexibility index (Phi) is 5.17. The van der Waals surface area contributed by atoms with E-state index in [0.717, 1.165) is 12.0 Å². The van der Waals surface area contributed by atoms with Crippen LogP contribution in [-0.2, 0) is 4.79 Å². The molecule has 1 aromatic carbocycles. The molecule has 0 saturated carbocycles. The molecule has 5 heteroatoms. The van der Waals surface area contributed by atoms with Gasteiger partial charge in [-0.15, -0.1) is 0 Å². The number of anilines is 1. The molecule has 5 N–H and O–H groups in total. The van der Waals surface area contributed by atoms with Crippen LogP contribution < -0.4 is 16.8 Å². The van der Waals surface area contributed by atoms with Crippen LogP contribution in [0, 0.1) is 6.92 Å². The number of hydrogen-bond acceptors (Lipinski definition) is 3. The van der Waals surface area contributed by atoms with E-state index in [-0.39, 0.29) is 11.8 Å². The third-order valence-electron chi connectivity index (χ3n) is 2.59. The lowest BCUT2D eigenvalue weighted by atomic mass is 10.1. The van der Waals surface area contributed by atoms with Gasteiger partial charge in [0.2, 0.25) is 5.91 Å². The number of nitrogens with two attached hydrogens (primary N) is 2. The first kappa shape index (κ1) is 14.0. The van der Waals surface area contributed by atoms with Crippen molar-refractivity contribution in [2.45, 2.75) is 26.2 Å². The lowest BCUT2D eigenvalue weighted by Gasteiger charge is -2.07. The number of benzene rings is 1. The van der Waals surface area contributed by atoms with Gasteiger partial charge in [-0.3, -0.25) is 9.59 Å². The summed E-state index contributed by atoms with van der Waals surface area (Å²) in [5.74, 6) is -0.504. The topological polar surface area (TPSA) is 98.2 Å². The summed E-state index contributed by atoms with van der Waals surface area (Å²) in [6.45, 7) is 2.43. The van der Waals surface area contributed by atoms with Gasteiger partial charge >= 0.3 is 0 Å².